The van der Waals surface area contributed by atoms with Crippen LogP contribution in [0.3, 0.4) is 0 Å². The second-order valence-corrected chi connectivity index (χ2v) is 5.23. The Morgan fingerprint density at radius 3 is 3.12 bits per heavy atom. The van der Waals surface area contributed by atoms with E-state index in [4.69, 9.17) is 4.52 Å². The minimum absolute atomic E-state index is 0.266. The van der Waals surface area contributed by atoms with E-state index in [-0.39, 0.29) is 6.04 Å². The van der Waals surface area contributed by atoms with Gasteiger partial charge in [-0.15, -0.1) is 0 Å². The molecule has 2 heterocycles. The van der Waals surface area contributed by atoms with Crippen LogP contribution in [0, 0.1) is 5.92 Å². The second-order valence-electron chi connectivity index (χ2n) is 5.23. The molecule has 1 saturated heterocycles. The van der Waals surface area contributed by atoms with Crippen molar-refractivity contribution in [1.82, 2.24) is 20.4 Å². The molecular formula is C12H20N4O. The zero-order valence-electron chi connectivity index (χ0n) is 10.4. The standard InChI is InChI=1S/C12H20N4O/c1-16-7-6-13-8-10(16)12-14-11(17-15-12)5-4-9-2-3-9/h9-10,13H,2-8H2,1H3. The Morgan fingerprint density at radius 1 is 1.47 bits per heavy atom. The molecule has 1 aromatic heterocycles. The molecule has 1 aromatic rings. The van der Waals surface area contributed by atoms with Gasteiger partial charge in [0.2, 0.25) is 5.89 Å². The Hall–Kier alpha value is -0.940. The summed E-state index contributed by atoms with van der Waals surface area (Å²) in [6.45, 7) is 2.99. The Kier molecular flexibility index (Phi) is 3.11. The summed E-state index contributed by atoms with van der Waals surface area (Å²) < 4.78 is 5.33. The van der Waals surface area contributed by atoms with E-state index < -0.39 is 0 Å². The van der Waals surface area contributed by atoms with Crippen molar-refractivity contribution in [3.8, 4) is 0 Å². The summed E-state index contributed by atoms with van der Waals surface area (Å²) in [6.07, 6.45) is 4.93. The van der Waals surface area contributed by atoms with Crippen molar-refractivity contribution in [1.29, 1.82) is 0 Å². The molecule has 2 fully saturated rings. The molecule has 5 nitrogen and oxygen atoms in total. The van der Waals surface area contributed by atoms with E-state index in [1.807, 2.05) is 0 Å². The molecule has 0 radical (unpaired) electrons. The molecule has 0 amide bonds. The molecule has 1 unspecified atom stereocenters. The Morgan fingerprint density at radius 2 is 2.35 bits per heavy atom. The third-order valence-corrected chi connectivity index (χ3v) is 3.76. The summed E-state index contributed by atoms with van der Waals surface area (Å²) in [5.74, 6) is 2.57. The fourth-order valence-corrected chi connectivity index (χ4v) is 2.33. The van der Waals surface area contributed by atoms with Crippen molar-refractivity contribution in [3.63, 3.8) is 0 Å². The Bertz CT molecular complexity index is 374. The highest BCUT2D eigenvalue weighted by Crippen LogP contribution is 2.33. The summed E-state index contributed by atoms with van der Waals surface area (Å²) in [4.78, 5) is 6.81. The monoisotopic (exact) mass is 236 g/mol. The van der Waals surface area contributed by atoms with Crippen LogP contribution in [0.25, 0.3) is 0 Å². The zero-order chi connectivity index (χ0) is 11.7. The van der Waals surface area contributed by atoms with Crippen molar-refractivity contribution in [2.45, 2.75) is 31.7 Å². The van der Waals surface area contributed by atoms with Gasteiger partial charge in [-0.1, -0.05) is 18.0 Å². The molecule has 2 aliphatic rings. The first-order chi connectivity index (χ1) is 8.33. The number of likely N-dealkylation sites (N-methyl/N-ethyl adjacent to an activating group) is 1. The first kappa shape index (κ1) is 11.2. The summed E-state index contributed by atoms with van der Waals surface area (Å²) in [7, 11) is 2.12. The van der Waals surface area contributed by atoms with Gasteiger partial charge in [0.1, 0.15) is 0 Å². The quantitative estimate of drug-likeness (QED) is 0.845. The number of piperazine rings is 1. The predicted octanol–water partition coefficient (Wildman–Crippen LogP) is 0.988. The number of aromatic nitrogens is 2. The van der Waals surface area contributed by atoms with E-state index in [9.17, 15) is 0 Å². The van der Waals surface area contributed by atoms with Crippen LogP contribution in [0.4, 0.5) is 0 Å². The molecule has 1 aliphatic heterocycles. The molecule has 0 spiro atoms. The molecule has 1 atom stereocenters. The van der Waals surface area contributed by atoms with Gasteiger partial charge in [0.05, 0.1) is 6.04 Å². The molecule has 0 bridgehead atoms. The maximum absolute atomic E-state index is 5.33. The van der Waals surface area contributed by atoms with Crippen molar-refractivity contribution in [2.24, 2.45) is 5.92 Å². The molecule has 1 saturated carbocycles. The molecule has 5 heteroatoms. The third kappa shape index (κ3) is 2.66. The van der Waals surface area contributed by atoms with Crippen LogP contribution in [-0.4, -0.2) is 41.7 Å². The van der Waals surface area contributed by atoms with Gasteiger partial charge in [-0.2, -0.15) is 4.98 Å². The van der Waals surface area contributed by atoms with Gasteiger partial charge in [0.15, 0.2) is 5.82 Å². The highest BCUT2D eigenvalue weighted by atomic mass is 16.5. The topological polar surface area (TPSA) is 54.2 Å². The van der Waals surface area contributed by atoms with Gasteiger partial charge in [-0.05, 0) is 19.4 Å². The summed E-state index contributed by atoms with van der Waals surface area (Å²) in [5, 5.41) is 7.49. The molecule has 1 N–H and O–H groups in total. The molecule has 17 heavy (non-hydrogen) atoms. The van der Waals surface area contributed by atoms with Crippen molar-refractivity contribution < 1.29 is 4.52 Å². The number of nitrogens with one attached hydrogen (secondary N) is 1. The van der Waals surface area contributed by atoms with Crippen LogP contribution in [-0.2, 0) is 6.42 Å². The summed E-state index contributed by atoms with van der Waals surface area (Å²) in [6, 6.07) is 0.266. The number of aryl methyl sites for hydroxylation is 1. The highest BCUT2D eigenvalue weighted by Gasteiger charge is 2.26. The number of hydrogen-bond donors (Lipinski definition) is 1. The lowest BCUT2D eigenvalue weighted by Crippen LogP contribution is -2.44. The lowest BCUT2D eigenvalue weighted by Gasteiger charge is -2.30. The van der Waals surface area contributed by atoms with Crippen LogP contribution < -0.4 is 5.32 Å². The van der Waals surface area contributed by atoms with E-state index >= 15 is 0 Å². The minimum atomic E-state index is 0.266. The first-order valence-electron chi connectivity index (χ1n) is 6.56. The minimum Gasteiger partial charge on any atom is -0.339 e. The van der Waals surface area contributed by atoms with Crippen LogP contribution in [0.2, 0.25) is 0 Å². The van der Waals surface area contributed by atoms with Crippen molar-refractivity contribution in [2.75, 3.05) is 26.7 Å². The van der Waals surface area contributed by atoms with Crippen molar-refractivity contribution in [3.05, 3.63) is 11.7 Å². The molecule has 94 valence electrons. The lowest BCUT2D eigenvalue weighted by atomic mass is 10.2. The first-order valence-corrected chi connectivity index (χ1v) is 6.56. The van der Waals surface area contributed by atoms with Gasteiger partial charge in [0.25, 0.3) is 0 Å². The van der Waals surface area contributed by atoms with Gasteiger partial charge in [-0.25, -0.2) is 0 Å². The smallest absolute Gasteiger partial charge is 0.226 e. The second kappa shape index (κ2) is 4.74. The zero-order valence-corrected chi connectivity index (χ0v) is 10.4. The maximum Gasteiger partial charge on any atom is 0.226 e. The predicted molar refractivity (Wildman–Crippen MR) is 63.6 cm³/mol. The van der Waals surface area contributed by atoms with Gasteiger partial charge < -0.3 is 9.84 Å². The Labute approximate surface area is 102 Å². The van der Waals surface area contributed by atoms with Crippen LogP contribution in [0.15, 0.2) is 4.52 Å². The van der Waals surface area contributed by atoms with E-state index in [1.54, 1.807) is 0 Å². The van der Waals surface area contributed by atoms with E-state index in [2.05, 4.69) is 27.4 Å². The van der Waals surface area contributed by atoms with E-state index in [1.165, 1.54) is 19.3 Å². The number of rotatable bonds is 4. The number of nitrogens with zero attached hydrogens (tertiary/aromatic N) is 3. The third-order valence-electron chi connectivity index (χ3n) is 3.76. The SMILES string of the molecule is CN1CCNCC1c1noc(CCC2CC2)n1. The summed E-state index contributed by atoms with van der Waals surface area (Å²) >= 11 is 0. The summed E-state index contributed by atoms with van der Waals surface area (Å²) in [5.41, 5.74) is 0. The molecule has 1 aliphatic carbocycles. The van der Waals surface area contributed by atoms with Gasteiger partial charge in [-0.3, -0.25) is 4.90 Å². The van der Waals surface area contributed by atoms with Crippen LogP contribution in [0.5, 0.6) is 0 Å². The molecule has 0 aromatic carbocycles. The van der Waals surface area contributed by atoms with Crippen LogP contribution >= 0.6 is 0 Å². The van der Waals surface area contributed by atoms with Crippen LogP contribution in [0.1, 0.15) is 37.0 Å². The molecular weight excluding hydrogens is 216 g/mol. The normalized spacial score (nSPS) is 26.3. The van der Waals surface area contributed by atoms with E-state index in [0.717, 1.165) is 43.7 Å². The fraction of sp³-hybridized carbons (Fsp3) is 0.833. The highest BCUT2D eigenvalue weighted by molar-refractivity contribution is 4.98. The van der Waals surface area contributed by atoms with Gasteiger partial charge >= 0.3 is 0 Å². The lowest BCUT2D eigenvalue weighted by molar-refractivity contribution is 0.190. The average Bonchev–Trinajstić information content (AvgIpc) is 3.06. The largest absolute Gasteiger partial charge is 0.339 e. The molecule has 3 rings (SSSR count). The fourth-order valence-electron chi connectivity index (χ4n) is 2.33. The number of hydrogen-bond acceptors (Lipinski definition) is 5. The maximum atomic E-state index is 5.33. The average molecular weight is 236 g/mol. The van der Waals surface area contributed by atoms with Crippen molar-refractivity contribution >= 4 is 0 Å². The Balaban J connectivity index is 1.61. The van der Waals surface area contributed by atoms with Gasteiger partial charge in [0, 0.05) is 26.1 Å². The van der Waals surface area contributed by atoms with E-state index in [0.29, 0.717) is 0 Å².